The van der Waals surface area contributed by atoms with Crippen molar-refractivity contribution in [2.45, 2.75) is 13.0 Å². The average molecular weight is 350 g/mol. The van der Waals surface area contributed by atoms with Crippen LogP contribution in [0.4, 0.5) is 10.1 Å². The van der Waals surface area contributed by atoms with Gasteiger partial charge in [0.2, 0.25) is 0 Å². The third-order valence-electron chi connectivity index (χ3n) is 3.32. The minimum Gasteiger partial charge on any atom is -0.378 e. The number of hydrogen-bond acceptors (Lipinski definition) is 2. The van der Waals surface area contributed by atoms with Crippen LogP contribution in [0.3, 0.4) is 0 Å². The van der Waals surface area contributed by atoms with Crippen molar-refractivity contribution in [3.05, 3.63) is 62.7 Å². The van der Waals surface area contributed by atoms with Crippen LogP contribution < -0.4 is 11.0 Å². The van der Waals surface area contributed by atoms with Crippen molar-refractivity contribution in [1.29, 1.82) is 0 Å². The third-order valence-corrected chi connectivity index (χ3v) is 3.98. The fourth-order valence-electron chi connectivity index (χ4n) is 2.26. The molecule has 2 aromatic carbocycles. The van der Waals surface area contributed by atoms with Crippen LogP contribution in [0, 0.1) is 5.82 Å². The monoisotopic (exact) mass is 349 g/mol. The summed E-state index contributed by atoms with van der Waals surface area (Å²) >= 11 is 3.47. The lowest BCUT2D eigenvalue weighted by Crippen LogP contribution is -2.07. The number of aromatic nitrogens is 2. The van der Waals surface area contributed by atoms with Gasteiger partial charge in [0.05, 0.1) is 16.7 Å². The molecule has 0 aliphatic rings. The van der Waals surface area contributed by atoms with Gasteiger partial charge in [-0.25, -0.2) is 9.18 Å². The smallest absolute Gasteiger partial charge is 0.323 e. The minimum absolute atomic E-state index is 0.0693. The van der Waals surface area contributed by atoms with Crippen LogP contribution in [0.1, 0.15) is 18.5 Å². The fraction of sp³-hybridized carbons (Fsp3) is 0.133. The lowest BCUT2D eigenvalue weighted by molar-refractivity contribution is 0.623. The molecule has 0 aliphatic carbocycles. The number of benzene rings is 2. The molecular weight excluding hydrogens is 337 g/mol. The van der Waals surface area contributed by atoms with E-state index in [0.29, 0.717) is 0 Å². The highest BCUT2D eigenvalue weighted by atomic mass is 79.9. The second kappa shape index (κ2) is 5.37. The van der Waals surface area contributed by atoms with E-state index in [9.17, 15) is 9.18 Å². The first-order chi connectivity index (χ1) is 10.0. The van der Waals surface area contributed by atoms with Crippen molar-refractivity contribution >= 4 is 32.7 Å². The van der Waals surface area contributed by atoms with E-state index in [0.717, 1.165) is 26.8 Å². The van der Waals surface area contributed by atoms with E-state index in [2.05, 4.69) is 31.2 Å². The summed E-state index contributed by atoms with van der Waals surface area (Å²) in [7, 11) is 0. The van der Waals surface area contributed by atoms with Gasteiger partial charge in [-0.05, 0) is 52.7 Å². The molecular formula is C15H13BrFN3O. The van der Waals surface area contributed by atoms with E-state index < -0.39 is 0 Å². The molecule has 0 amide bonds. The quantitative estimate of drug-likeness (QED) is 0.670. The first-order valence-electron chi connectivity index (χ1n) is 6.46. The molecule has 1 aromatic heterocycles. The number of imidazole rings is 1. The van der Waals surface area contributed by atoms with Crippen LogP contribution in [0.15, 0.2) is 45.7 Å². The Hall–Kier alpha value is -2.08. The Kier molecular flexibility index (Phi) is 3.55. The van der Waals surface area contributed by atoms with Gasteiger partial charge in [-0.3, -0.25) is 0 Å². The molecule has 21 heavy (non-hydrogen) atoms. The normalized spacial score (nSPS) is 12.5. The Bertz CT molecular complexity index is 855. The second-order valence-corrected chi connectivity index (χ2v) is 5.73. The second-order valence-electron chi connectivity index (χ2n) is 4.88. The predicted octanol–water partition coefficient (Wildman–Crippen LogP) is 3.93. The topological polar surface area (TPSA) is 60.7 Å². The van der Waals surface area contributed by atoms with Crippen molar-refractivity contribution in [2.24, 2.45) is 0 Å². The van der Waals surface area contributed by atoms with Crippen LogP contribution in [-0.4, -0.2) is 9.97 Å². The predicted molar refractivity (Wildman–Crippen MR) is 85.1 cm³/mol. The summed E-state index contributed by atoms with van der Waals surface area (Å²) < 4.78 is 14.1. The van der Waals surface area contributed by atoms with E-state index in [1.54, 1.807) is 6.07 Å². The molecule has 1 atom stereocenters. The van der Waals surface area contributed by atoms with Crippen LogP contribution >= 0.6 is 15.9 Å². The average Bonchev–Trinajstić information content (AvgIpc) is 2.78. The third kappa shape index (κ3) is 2.85. The van der Waals surface area contributed by atoms with Gasteiger partial charge in [0, 0.05) is 10.5 Å². The molecule has 0 spiro atoms. The van der Waals surface area contributed by atoms with Gasteiger partial charge in [-0.1, -0.05) is 12.1 Å². The first kappa shape index (κ1) is 13.9. The summed E-state index contributed by atoms with van der Waals surface area (Å²) in [5.41, 5.74) is 2.89. The summed E-state index contributed by atoms with van der Waals surface area (Å²) in [6.45, 7) is 1.95. The number of halogens is 2. The molecule has 3 aromatic rings. The van der Waals surface area contributed by atoms with Crippen molar-refractivity contribution in [3.63, 3.8) is 0 Å². The molecule has 1 heterocycles. The zero-order chi connectivity index (χ0) is 15.0. The van der Waals surface area contributed by atoms with Crippen LogP contribution in [0.2, 0.25) is 0 Å². The number of anilines is 1. The lowest BCUT2D eigenvalue weighted by atomic mass is 10.1. The zero-order valence-corrected chi connectivity index (χ0v) is 12.8. The lowest BCUT2D eigenvalue weighted by Gasteiger charge is -2.17. The van der Waals surface area contributed by atoms with Gasteiger partial charge in [0.25, 0.3) is 0 Å². The van der Waals surface area contributed by atoms with Gasteiger partial charge in [-0.2, -0.15) is 0 Å². The van der Waals surface area contributed by atoms with Crippen molar-refractivity contribution in [3.8, 4) is 0 Å². The maximum Gasteiger partial charge on any atom is 0.323 e. The molecule has 3 N–H and O–H groups in total. The van der Waals surface area contributed by atoms with E-state index in [4.69, 9.17) is 0 Å². The number of H-pyrrole nitrogens is 2. The molecule has 3 rings (SSSR count). The summed E-state index contributed by atoms with van der Waals surface area (Å²) in [6, 6.07) is 10.1. The summed E-state index contributed by atoms with van der Waals surface area (Å²) in [5, 5.41) is 3.31. The number of rotatable bonds is 3. The Morgan fingerprint density at radius 1 is 1.19 bits per heavy atom. The molecule has 0 fully saturated rings. The summed E-state index contributed by atoms with van der Waals surface area (Å²) in [5.74, 6) is -0.259. The maximum atomic E-state index is 13.3. The van der Waals surface area contributed by atoms with Crippen molar-refractivity contribution in [2.75, 3.05) is 5.32 Å². The minimum atomic E-state index is -0.259. The molecule has 0 saturated carbocycles. The summed E-state index contributed by atoms with van der Waals surface area (Å²) in [6.07, 6.45) is 0. The molecule has 0 aliphatic heterocycles. The Morgan fingerprint density at radius 2 is 1.90 bits per heavy atom. The molecule has 0 radical (unpaired) electrons. The van der Waals surface area contributed by atoms with E-state index in [-0.39, 0.29) is 17.5 Å². The van der Waals surface area contributed by atoms with E-state index in [1.807, 2.05) is 25.1 Å². The van der Waals surface area contributed by atoms with Gasteiger partial charge in [0.1, 0.15) is 5.82 Å². The Labute approximate surface area is 128 Å². The Morgan fingerprint density at radius 3 is 2.62 bits per heavy atom. The van der Waals surface area contributed by atoms with E-state index in [1.165, 1.54) is 12.1 Å². The van der Waals surface area contributed by atoms with Crippen LogP contribution in [-0.2, 0) is 0 Å². The molecule has 108 valence electrons. The number of fused-ring (bicyclic) bond motifs is 1. The number of hydrogen-bond donors (Lipinski definition) is 3. The zero-order valence-electron chi connectivity index (χ0n) is 11.2. The summed E-state index contributed by atoms with van der Waals surface area (Å²) in [4.78, 5) is 16.7. The number of aromatic amines is 2. The highest BCUT2D eigenvalue weighted by molar-refractivity contribution is 9.10. The SMILES string of the molecule is CC(Nc1cc2[nH]c(=O)[nH]c2cc1Br)c1cccc(F)c1. The Balaban J connectivity index is 1.93. The van der Waals surface area contributed by atoms with Gasteiger partial charge >= 0.3 is 5.69 Å². The van der Waals surface area contributed by atoms with Gasteiger partial charge in [-0.15, -0.1) is 0 Å². The molecule has 4 nitrogen and oxygen atoms in total. The standard InChI is InChI=1S/C15H13BrFN3O/c1-8(9-3-2-4-10(17)5-9)18-12-7-14-13(6-11(12)16)19-15(21)20-14/h2-8,18H,1H3,(H2,19,20,21). The molecule has 0 bridgehead atoms. The molecule has 6 heteroatoms. The fourth-order valence-corrected chi connectivity index (χ4v) is 2.72. The van der Waals surface area contributed by atoms with E-state index >= 15 is 0 Å². The molecule has 0 saturated heterocycles. The highest BCUT2D eigenvalue weighted by Gasteiger charge is 2.10. The van der Waals surface area contributed by atoms with Crippen molar-refractivity contribution in [1.82, 2.24) is 9.97 Å². The van der Waals surface area contributed by atoms with Crippen LogP contribution in [0.5, 0.6) is 0 Å². The number of nitrogens with one attached hydrogen (secondary N) is 3. The maximum absolute atomic E-state index is 13.3. The van der Waals surface area contributed by atoms with Gasteiger partial charge < -0.3 is 15.3 Å². The molecule has 1 unspecified atom stereocenters. The largest absolute Gasteiger partial charge is 0.378 e. The highest BCUT2D eigenvalue weighted by Crippen LogP contribution is 2.29. The first-order valence-corrected chi connectivity index (χ1v) is 7.26. The van der Waals surface area contributed by atoms with Crippen LogP contribution in [0.25, 0.3) is 11.0 Å². The van der Waals surface area contributed by atoms with Crippen molar-refractivity contribution < 1.29 is 4.39 Å². The van der Waals surface area contributed by atoms with Gasteiger partial charge in [0.15, 0.2) is 0 Å².